The number of likely N-dealkylation sites (N-methyl/N-ethyl adjacent to an activating group) is 1. The molecular formula is C30H37Cl2N5O2S. The molecule has 2 heterocycles. The fourth-order valence-corrected chi connectivity index (χ4v) is 5.13. The molecule has 214 valence electrons. The predicted molar refractivity (Wildman–Crippen MR) is 166 cm³/mol. The Hall–Kier alpha value is -2.70. The van der Waals surface area contributed by atoms with Crippen molar-refractivity contribution >= 4 is 41.1 Å². The van der Waals surface area contributed by atoms with E-state index in [1.807, 2.05) is 56.5 Å². The van der Waals surface area contributed by atoms with Crippen molar-refractivity contribution in [3.05, 3.63) is 75.1 Å². The number of halogens is 2. The van der Waals surface area contributed by atoms with Crippen LogP contribution in [0.5, 0.6) is 11.5 Å². The Morgan fingerprint density at radius 3 is 2.50 bits per heavy atom. The molecule has 0 fully saturated rings. The molecule has 0 unspecified atom stereocenters. The Morgan fingerprint density at radius 2 is 1.85 bits per heavy atom. The first-order valence-electron chi connectivity index (χ1n) is 13.3. The van der Waals surface area contributed by atoms with Crippen LogP contribution in [0.4, 0.5) is 5.95 Å². The minimum absolute atomic E-state index is 0.282. The number of fused-ring (bicyclic) bond motifs is 1. The lowest BCUT2D eigenvalue weighted by Crippen LogP contribution is -2.29. The summed E-state index contributed by atoms with van der Waals surface area (Å²) >= 11 is 13.7. The molecule has 0 aliphatic carbocycles. The van der Waals surface area contributed by atoms with Gasteiger partial charge in [-0.15, -0.1) is 11.6 Å². The number of alkyl halides is 1. The number of rotatable bonds is 10. The molecule has 4 rings (SSSR count). The van der Waals surface area contributed by atoms with E-state index in [0.29, 0.717) is 34.8 Å². The van der Waals surface area contributed by atoms with Crippen LogP contribution in [-0.4, -0.2) is 47.2 Å². The van der Waals surface area contributed by atoms with Gasteiger partial charge in [0.15, 0.2) is 5.75 Å². The second-order valence-corrected chi connectivity index (χ2v) is 11.0. The molecule has 0 saturated heterocycles. The van der Waals surface area contributed by atoms with Gasteiger partial charge in [0, 0.05) is 30.3 Å². The van der Waals surface area contributed by atoms with Gasteiger partial charge < -0.3 is 14.4 Å². The van der Waals surface area contributed by atoms with Crippen molar-refractivity contribution in [1.82, 2.24) is 14.9 Å². The van der Waals surface area contributed by atoms with Crippen LogP contribution in [-0.2, 0) is 25.0 Å². The standard InChI is InChI=1S/C28H31Cl2N5O2S.C2H6/c1-28(2,20-13-18(15-31)26(23(30)14-20)36-12-10-29)19-5-7-21(8-6-19)37-17-25-22-9-11-35(3)16-24(22)32-27(33-25)34-38-4;1-2/h5-8,13-14H,9-12,16-17H2,1-4H3,(H,32,33,34);1-2H3. The highest BCUT2D eigenvalue weighted by atomic mass is 35.5. The van der Waals surface area contributed by atoms with Gasteiger partial charge in [-0.05, 0) is 48.9 Å². The van der Waals surface area contributed by atoms with Crippen LogP contribution in [0.2, 0.25) is 5.02 Å². The van der Waals surface area contributed by atoms with Gasteiger partial charge in [0.1, 0.15) is 25.0 Å². The van der Waals surface area contributed by atoms with E-state index in [1.165, 1.54) is 17.5 Å². The fourth-order valence-electron chi connectivity index (χ4n) is 4.51. The molecule has 40 heavy (non-hydrogen) atoms. The molecule has 0 atom stereocenters. The summed E-state index contributed by atoms with van der Waals surface area (Å²) < 4.78 is 14.9. The van der Waals surface area contributed by atoms with Gasteiger partial charge in [-0.1, -0.05) is 63.4 Å². The van der Waals surface area contributed by atoms with Crippen molar-refractivity contribution in [2.75, 3.05) is 37.1 Å². The number of nitriles is 1. The van der Waals surface area contributed by atoms with E-state index in [9.17, 15) is 5.26 Å². The molecule has 1 aromatic heterocycles. The summed E-state index contributed by atoms with van der Waals surface area (Å²) in [7, 11) is 2.10. The van der Waals surface area contributed by atoms with Gasteiger partial charge >= 0.3 is 0 Å². The molecular weight excluding hydrogens is 565 g/mol. The Bertz CT molecular complexity index is 1330. The summed E-state index contributed by atoms with van der Waals surface area (Å²) in [6.45, 7) is 10.6. The molecule has 1 aliphatic rings. The molecule has 10 heteroatoms. The summed E-state index contributed by atoms with van der Waals surface area (Å²) in [5.74, 6) is 2.05. The van der Waals surface area contributed by atoms with Gasteiger partial charge in [-0.2, -0.15) is 5.26 Å². The van der Waals surface area contributed by atoms with E-state index in [0.717, 1.165) is 47.8 Å². The van der Waals surface area contributed by atoms with Gasteiger partial charge in [-0.3, -0.25) is 4.72 Å². The van der Waals surface area contributed by atoms with E-state index >= 15 is 0 Å². The average Bonchev–Trinajstić information content (AvgIpc) is 2.96. The first-order valence-corrected chi connectivity index (χ1v) is 15.4. The third kappa shape index (κ3) is 7.52. The number of aromatic nitrogens is 2. The lowest BCUT2D eigenvalue weighted by molar-refractivity contribution is 0.285. The molecule has 1 N–H and O–H groups in total. The van der Waals surface area contributed by atoms with Crippen LogP contribution in [0.25, 0.3) is 0 Å². The lowest BCUT2D eigenvalue weighted by atomic mass is 9.77. The maximum Gasteiger partial charge on any atom is 0.233 e. The molecule has 2 aromatic carbocycles. The maximum absolute atomic E-state index is 9.67. The zero-order chi connectivity index (χ0) is 29.3. The Morgan fingerprint density at radius 1 is 1.12 bits per heavy atom. The van der Waals surface area contributed by atoms with Gasteiger partial charge in [0.2, 0.25) is 5.95 Å². The number of ether oxygens (including phenoxy) is 2. The quantitative estimate of drug-likeness (QED) is 0.192. The number of anilines is 1. The molecule has 0 saturated carbocycles. The van der Waals surface area contributed by atoms with Crippen molar-refractivity contribution in [1.29, 1.82) is 5.26 Å². The zero-order valence-electron chi connectivity index (χ0n) is 24.0. The number of nitrogens with zero attached hydrogens (tertiary/aromatic N) is 4. The Labute approximate surface area is 252 Å². The minimum atomic E-state index is -0.408. The van der Waals surface area contributed by atoms with Crippen LogP contribution in [0.1, 0.15) is 61.3 Å². The summed E-state index contributed by atoms with van der Waals surface area (Å²) in [4.78, 5) is 11.7. The molecule has 3 aromatic rings. The van der Waals surface area contributed by atoms with E-state index in [1.54, 1.807) is 0 Å². The van der Waals surface area contributed by atoms with Crippen molar-refractivity contribution in [2.45, 2.75) is 52.7 Å². The molecule has 0 amide bonds. The Balaban J connectivity index is 0.00000216. The zero-order valence-corrected chi connectivity index (χ0v) is 26.3. The van der Waals surface area contributed by atoms with E-state index in [4.69, 9.17) is 42.6 Å². The first-order chi connectivity index (χ1) is 19.3. The predicted octanol–water partition coefficient (Wildman–Crippen LogP) is 7.23. The van der Waals surface area contributed by atoms with E-state index in [-0.39, 0.29) is 6.61 Å². The molecule has 7 nitrogen and oxygen atoms in total. The van der Waals surface area contributed by atoms with Crippen molar-refractivity contribution < 1.29 is 9.47 Å². The van der Waals surface area contributed by atoms with E-state index < -0.39 is 5.41 Å². The second-order valence-electron chi connectivity index (χ2n) is 9.64. The van der Waals surface area contributed by atoms with Crippen LogP contribution >= 0.6 is 35.1 Å². The molecule has 1 aliphatic heterocycles. The number of hydrogen-bond donors (Lipinski definition) is 1. The Kier molecular flexibility index (Phi) is 11.8. The number of nitrogens with one attached hydrogen (secondary N) is 1. The fraction of sp³-hybridized carbons (Fsp3) is 0.433. The normalized spacial score (nSPS) is 13.0. The van der Waals surface area contributed by atoms with Gasteiger partial charge in [0.25, 0.3) is 0 Å². The van der Waals surface area contributed by atoms with E-state index in [2.05, 4.69) is 36.6 Å². The van der Waals surface area contributed by atoms with Crippen LogP contribution < -0.4 is 14.2 Å². The number of hydrogen-bond acceptors (Lipinski definition) is 8. The highest BCUT2D eigenvalue weighted by molar-refractivity contribution is 7.99. The first kappa shape index (κ1) is 31.8. The van der Waals surface area contributed by atoms with Gasteiger partial charge in [-0.25, -0.2) is 9.97 Å². The second kappa shape index (κ2) is 14.8. The minimum Gasteiger partial charge on any atom is -0.489 e. The van der Waals surface area contributed by atoms with Crippen LogP contribution in [0, 0.1) is 11.3 Å². The molecule has 0 spiro atoms. The summed E-state index contributed by atoms with van der Waals surface area (Å²) in [5, 5.41) is 10.1. The third-order valence-electron chi connectivity index (χ3n) is 6.70. The van der Waals surface area contributed by atoms with Crippen molar-refractivity contribution in [2.24, 2.45) is 0 Å². The maximum atomic E-state index is 9.67. The summed E-state index contributed by atoms with van der Waals surface area (Å²) in [5.41, 5.74) is 5.10. The SMILES string of the molecule is CC.CSNc1nc(COc2ccc(C(C)(C)c3cc(Cl)c(OCCCl)c(C#N)c3)cc2)c2c(n1)CN(C)CC2. The van der Waals surface area contributed by atoms with Crippen molar-refractivity contribution in [3.8, 4) is 17.6 Å². The highest BCUT2D eigenvalue weighted by Crippen LogP contribution is 2.38. The lowest BCUT2D eigenvalue weighted by Gasteiger charge is -2.27. The smallest absolute Gasteiger partial charge is 0.233 e. The van der Waals surface area contributed by atoms with Gasteiger partial charge in [0.05, 0.1) is 27.9 Å². The third-order valence-corrected chi connectivity index (χ3v) is 7.52. The van der Waals surface area contributed by atoms with Crippen LogP contribution in [0.15, 0.2) is 36.4 Å². The van der Waals surface area contributed by atoms with Crippen LogP contribution in [0.3, 0.4) is 0 Å². The monoisotopic (exact) mass is 601 g/mol. The van der Waals surface area contributed by atoms with Crippen molar-refractivity contribution in [3.63, 3.8) is 0 Å². The largest absolute Gasteiger partial charge is 0.489 e. The topological polar surface area (TPSA) is 83.3 Å². The summed E-state index contributed by atoms with van der Waals surface area (Å²) in [6.07, 6.45) is 2.85. The number of benzene rings is 2. The summed E-state index contributed by atoms with van der Waals surface area (Å²) in [6, 6.07) is 13.9. The molecule has 0 bridgehead atoms. The highest BCUT2D eigenvalue weighted by Gasteiger charge is 2.26. The molecule has 0 radical (unpaired) electrons. The average molecular weight is 603 g/mol.